The predicted octanol–water partition coefficient (Wildman–Crippen LogP) is -0.359. The number of H-pyrrole nitrogens is 1. The summed E-state index contributed by atoms with van der Waals surface area (Å²) < 4.78 is 0. The zero-order valence-electron chi connectivity index (χ0n) is 4.46. The van der Waals surface area contributed by atoms with E-state index >= 15 is 0 Å². The number of hydrogen-bond acceptors (Lipinski definition) is 4. The first-order chi connectivity index (χ1) is 4.20. The second kappa shape index (κ2) is 2.10. The Labute approximate surface area is 56.5 Å². The zero-order valence-corrected chi connectivity index (χ0v) is 5.35. The normalized spacial score (nSPS) is 9.44. The number of aromatic amines is 1. The van der Waals surface area contributed by atoms with Crippen LogP contribution in [0.25, 0.3) is 0 Å². The van der Waals surface area contributed by atoms with Crippen molar-refractivity contribution in [2.45, 2.75) is 4.90 Å². The number of anilines is 1. The molecule has 1 aromatic rings. The standard InChI is InChI=1S/C4H5N3OS/c5-3-2(9)1-6-4(8)7-3/h1,9H,(H3,5,6,7,8). The van der Waals surface area contributed by atoms with Crippen LogP contribution >= 0.6 is 12.6 Å². The molecule has 1 aromatic heterocycles. The van der Waals surface area contributed by atoms with Crippen molar-refractivity contribution in [3.8, 4) is 0 Å². The molecule has 0 spiro atoms. The van der Waals surface area contributed by atoms with E-state index in [9.17, 15) is 4.79 Å². The van der Waals surface area contributed by atoms with Gasteiger partial charge >= 0.3 is 5.69 Å². The summed E-state index contributed by atoms with van der Waals surface area (Å²) in [6, 6.07) is 0. The van der Waals surface area contributed by atoms with Crippen LogP contribution < -0.4 is 11.4 Å². The van der Waals surface area contributed by atoms with Crippen LogP contribution in [0.5, 0.6) is 0 Å². The molecule has 0 aliphatic rings. The lowest BCUT2D eigenvalue weighted by Gasteiger charge is -1.92. The van der Waals surface area contributed by atoms with Gasteiger partial charge in [0.1, 0.15) is 5.82 Å². The van der Waals surface area contributed by atoms with E-state index in [-0.39, 0.29) is 5.82 Å². The highest BCUT2D eigenvalue weighted by Crippen LogP contribution is 2.06. The molecule has 1 heterocycles. The third-order valence-corrected chi connectivity index (χ3v) is 1.18. The highest BCUT2D eigenvalue weighted by Gasteiger charge is 1.91. The van der Waals surface area contributed by atoms with E-state index in [1.54, 1.807) is 0 Å². The summed E-state index contributed by atoms with van der Waals surface area (Å²) in [5.41, 5.74) is 4.80. The molecule has 0 amide bonds. The average molecular weight is 143 g/mol. The lowest BCUT2D eigenvalue weighted by molar-refractivity contribution is 1.04. The van der Waals surface area contributed by atoms with E-state index in [1.165, 1.54) is 6.20 Å². The van der Waals surface area contributed by atoms with Crippen molar-refractivity contribution in [3.05, 3.63) is 16.7 Å². The molecule has 0 radical (unpaired) electrons. The third-order valence-electron chi connectivity index (χ3n) is 0.822. The molecular weight excluding hydrogens is 138 g/mol. The van der Waals surface area contributed by atoms with Crippen molar-refractivity contribution in [1.82, 2.24) is 9.97 Å². The minimum Gasteiger partial charge on any atom is -0.384 e. The molecule has 0 saturated heterocycles. The molecule has 1 rings (SSSR count). The number of rotatable bonds is 0. The molecule has 0 fully saturated rings. The first-order valence-electron chi connectivity index (χ1n) is 2.24. The molecular formula is C4H5N3OS. The molecule has 0 aliphatic carbocycles. The van der Waals surface area contributed by atoms with Crippen molar-refractivity contribution < 1.29 is 0 Å². The molecule has 48 valence electrons. The smallest absolute Gasteiger partial charge is 0.346 e. The van der Waals surface area contributed by atoms with Gasteiger partial charge in [-0.05, 0) is 0 Å². The molecule has 9 heavy (non-hydrogen) atoms. The summed E-state index contributed by atoms with van der Waals surface area (Å²) >= 11 is 3.89. The first-order valence-corrected chi connectivity index (χ1v) is 2.68. The molecule has 0 atom stereocenters. The number of nitrogen functional groups attached to an aromatic ring is 1. The van der Waals surface area contributed by atoms with Gasteiger partial charge in [0, 0.05) is 6.20 Å². The van der Waals surface area contributed by atoms with Gasteiger partial charge in [0.2, 0.25) is 0 Å². The van der Waals surface area contributed by atoms with E-state index in [2.05, 4.69) is 22.6 Å². The Balaban J connectivity index is 3.34. The fourth-order valence-electron chi connectivity index (χ4n) is 0.401. The fourth-order valence-corrected chi connectivity index (χ4v) is 0.514. The molecule has 0 bridgehead atoms. The van der Waals surface area contributed by atoms with Crippen LogP contribution in [0, 0.1) is 0 Å². The van der Waals surface area contributed by atoms with E-state index in [0.717, 1.165) is 0 Å². The van der Waals surface area contributed by atoms with Crippen molar-refractivity contribution >= 4 is 18.4 Å². The van der Waals surface area contributed by atoms with Gasteiger partial charge in [-0.3, -0.25) is 4.98 Å². The molecule has 4 nitrogen and oxygen atoms in total. The topological polar surface area (TPSA) is 71.8 Å². The van der Waals surface area contributed by atoms with Crippen LogP contribution in [0.4, 0.5) is 5.82 Å². The predicted molar refractivity (Wildman–Crippen MR) is 36.5 cm³/mol. The Kier molecular flexibility index (Phi) is 1.44. The maximum Gasteiger partial charge on any atom is 0.346 e. The zero-order chi connectivity index (χ0) is 6.85. The summed E-state index contributed by atoms with van der Waals surface area (Å²) in [5.74, 6) is 0.248. The minimum absolute atomic E-state index is 0.248. The number of nitrogens with two attached hydrogens (primary N) is 1. The Bertz CT molecular complexity index is 269. The number of nitrogens with zero attached hydrogens (tertiary/aromatic N) is 1. The molecule has 0 aliphatic heterocycles. The summed E-state index contributed by atoms with van der Waals surface area (Å²) in [5, 5.41) is 0. The highest BCUT2D eigenvalue weighted by atomic mass is 32.1. The number of hydrogen-bond donors (Lipinski definition) is 3. The van der Waals surface area contributed by atoms with Gasteiger partial charge in [0.05, 0.1) is 4.90 Å². The maximum atomic E-state index is 10.4. The Hall–Kier alpha value is -0.970. The lowest BCUT2D eigenvalue weighted by atomic mass is 10.6. The van der Waals surface area contributed by atoms with Gasteiger partial charge < -0.3 is 5.73 Å². The summed E-state index contributed by atoms with van der Waals surface area (Å²) in [6.07, 6.45) is 1.30. The summed E-state index contributed by atoms with van der Waals surface area (Å²) in [6.45, 7) is 0. The van der Waals surface area contributed by atoms with Crippen LogP contribution in [0.3, 0.4) is 0 Å². The van der Waals surface area contributed by atoms with Gasteiger partial charge in [-0.15, -0.1) is 12.6 Å². The van der Waals surface area contributed by atoms with Crippen LogP contribution in [-0.2, 0) is 0 Å². The number of aromatic nitrogens is 2. The lowest BCUT2D eigenvalue weighted by Crippen LogP contribution is -2.11. The SMILES string of the molecule is Nc1[nH]c(=O)ncc1S. The molecule has 0 saturated carbocycles. The van der Waals surface area contributed by atoms with Gasteiger partial charge in [-0.25, -0.2) is 9.78 Å². The van der Waals surface area contributed by atoms with E-state index < -0.39 is 5.69 Å². The second-order valence-electron chi connectivity index (χ2n) is 1.49. The van der Waals surface area contributed by atoms with Crippen LogP contribution in [-0.4, -0.2) is 9.97 Å². The van der Waals surface area contributed by atoms with Gasteiger partial charge in [0.25, 0.3) is 0 Å². The Morgan fingerprint density at radius 2 is 2.44 bits per heavy atom. The van der Waals surface area contributed by atoms with Crippen molar-refractivity contribution in [3.63, 3.8) is 0 Å². The monoisotopic (exact) mass is 143 g/mol. The van der Waals surface area contributed by atoms with Gasteiger partial charge in [-0.1, -0.05) is 0 Å². The first kappa shape index (κ1) is 6.15. The van der Waals surface area contributed by atoms with Crippen molar-refractivity contribution in [2.24, 2.45) is 0 Å². The average Bonchev–Trinajstić information content (AvgIpc) is 1.80. The second-order valence-corrected chi connectivity index (χ2v) is 1.97. The number of nitrogens with one attached hydrogen (secondary N) is 1. The van der Waals surface area contributed by atoms with Gasteiger partial charge in [0.15, 0.2) is 0 Å². The maximum absolute atomic E-state index is 10.4. The van der Waals surface area contributed by atoms with Crippen molar-refractivity contribution in [1.29, 1.82) is 0 Å². The van der Waals surface area contributed by atoms with Crippen molar-refractivity contribution in [2.75, 3.05) is 5.73 Å². The molecule has 0 aromatic carbocycles. The highest BCUT2D eigenvalue weighted by molar-refractivity contribution is 7.80. The van der Waals surface area contributed by atoms with E-state index in [4.69, 9.17) is 5.73 Å². The van der Waals surface area contributed by atoms with E-state index in [1.807, 2.05) is 0 Å². The van der Waals surface area contributed by atoms with Crippen LogP contribution in [0.15, 0.2) is 15.9 Å². The van der Waals surface area contributed by atoms with Gasteiger partial charge in [-0.2, -0.15) is 0 Å². The quantitative estimate of drug-likeness (QED) is 0.434. The largest absolute Gasteiger partial charge is 0.384 e. The fraction of sp³-hybridized carbons (Fsp3) is 0. The molecule has 3 N–H and O–H groups in total. The third kappa shape index (κ3) is 1.23. The molecule has 5 heteroatoms. The van der Waals surface area contributed by atoms with E-state index in [0.29, 0.717) is 4.90 Å². The summed E-state index contributed by atoms with van der Waals surface area (Å²) in [7, 11) is 0. The summed E-state index contributed by atoms with van der Waals surface area (Å²) in [4.78, 5) is 16.5. The van der Waals surface area contributed by atoms with Crippen LogP contribution in [0.1, 0.15) is 0 Å². The Morgan fingerprint density at radius 1 is 1.78 bits per heavy atom. The van der Waals surface area contributed by atoms with Crippen LogP contribution in [0.2, 0.25) is 0 Å². The molecule has 0 unspecified atom stereocenters. The number of thiol groups is 1. The Morgan fingerprint density at radius 3 is 2.89 bits per heavy atom. The minimum atomic E-state index is -0.453.